The molecule has 4 heteroatoms. The molecule has 0 radical (unpaired) electrons. The molecule has 0 bridgehead atoms. The van der Waals surface area contributed by atoms with Crippen LogP contribution in [0.1, 0.15) is 13.3 Å². The monoisotopic (exact) mass is 156 g/mol. The number of allylic oxidation sites excluding steroid dienone is 1. The molecule has 0 fully saturated rings. The van der Waals surface area contributed by atoms with Crippen molar-refractivity contribution in [2.24, 2.45) is 11.6 Å². The van der Waals surface area contributed by atoms with Crippen molar-refractivity contribution in [3.63, 3.8) is 0 Å². The van der Waals surface area contributed by atoms with E-state index in [-0.39, 0.29) is 0 Å². The molecule has 0 rings (SSSR count). The summed E-state index contributed by atoms with van der Waals surface area (Å²) < 4.78 is 0. The van der Waals surface area contributed by atoms with E-state index in [4.69, 9.17) is 5.73 Å². The van der Waals surface area contributed by atoms with E-state index < -0.39 is 5.97 Å². The highest BCUT2D eigenvalue weighted by Crippen LogP contribution is 2.03. The normalized spacial score (nSPS) is 11.8. The standard InChI is InChI=1S/C7H12N2O2/c1-3-4-6(8)5(2)7(10)11-9/h3H,1,4,8-9H2,2H3. The van der Waals surface area contributed by atoms with Crippen LogP contribution >= 0.6 is 0 Å². The lowest BCUT2D eigenvalue weighted by molar-refractivity contribution is -0.139. The summed E-state index contributed by atoms with van der Waals surface area (Å²) in [5.74, 6) is 4.03. The Balaban J connectivity index is 4.37. The van der Waals surface area contributed by atoms with Crippen molar-refractivity contribution in [3.8, 4) is 0 Å². The second-order valence-electron chi connectivity index (χ2n) is 2.05. The van der Waals surface area contributed by atoms with Crippen LogP contribution in [-0.4, -0.2) is 5.97 Å². The van der Waals surface area contributed by atoms with E-state index in [1.807, 2.05) is 0 Å². The van der Waals surface area contributed by atoms with Crippen molar-refractivity contribution >= 4 is 5.97 Å². The van der Waals surface area contributed by atoms with Gasteiger partial charge in [0.2, 0.25) is 0 Å². The zero-order chi connectivity index (χ0) is 8.85. The maximum atomic E-state index is 10.7. The van der Waals surface area contributed by atoms with Crippen LogP contribution in [0, 0.1) is 0 Å². The Morgan fingerprint density at radius 1 is 1.73 bits per heavy atom. The number of hydrogen-bond donors (Lipinski definition) is 2. The van der Waals surface area contributed by atoms with Crippen LogP contribution in [0.5, 0.6) is 0 Å². The van der Waals surface area contributed by atoms with Gasteiger partial charge in [-0.05, 0) is 6.92 Å². The van der Waals surface area contributed by atoms with Crippen LogP contribution in [0.4, 0.5) is 0 Å². The van der Waals surface area contributed by atoms with Gasteiger partial charge in [-0.3, -0.25) is 0 Å². The van der Waals surface area contributed by atoms with Gasteiger partial charge in [0.05, 0.1) is 5.57 Å². The van der Waals surface area contributed by atoms with Gasteiger partial charge in [0.1, 0.15) is 0 Å². The average Bonchev–Trinajstić information content (AvgIpc) is 2.02. The Labute approximate surface area is 65.5 Å². The highest BCUT2D eigenvalue weighted by atomic mass is 16.7. The molecule has 0 amide bonds. The van der Waals surface area contributed by atoms with Crippen LogP contribution in [-0.2, 0) is 9.63 Å². The fourth-order valence-corrected chi connectivity index (χ4v) is 0.528. The third kappa shape index (κ3) is 2.86. The molecule has 0 saturated heterocycles. The van der Waals surface area contributed by atoms with E-state index in [0.717, 1.165) is 0 Å². The quantitative estimate of drug-likeness (QED) is 0.348. The molecule has 62 valence electrons. The fourth-order valence-electron chi connectivity index (χ4n) is 0.528. The van der Waals surface area contributed by atoms with Crippen LogP contribution < -0.4 is 11.6 Å². The zero-order valence-corrected chi connectivity index (χ0v) is 6.46. The van der Waals surface area contributed by atoms with Gasteiger partial charge in [-0.25, -0.2) is 4.79 Å². The van der Waals surface area contributed by atoms with Crippen LogP contribution in [0.25, 0.3) is 0 Å². The average molecular weight is 156 g/mol. The van der Waals surface area contributed by atoms with Gasteiger partial charge in [0, 0.05) is 12.1 Å². The second kappa shape index (κ2) is 4.51. The summed E-state index contributed by atoms with van der Waals surface area (Å²) in [6.45, 7) is 5.02. The van der Waals surface area contributed by atoms with Gasteiger partial charge in [0.25, 0.3) is 0 Å². The van der Waals surface area contributed by atoms with Crippen LogP contribution in [0.3, 0.4) is 0 Å². The number of rotatable bonds is 3. The highest BCUT2D eigenvalue weighted by Gasteiger charge is 2.06. The second-order valence-corrected chi connectivity index (χ2v) is 2.05. The van der Waals surface area contributed by atoms with Gasteiger partial charge < -0.3 is 10.6 Å². The molecule has 0 aliphatic rings. The molecule has 4 nitrogen and oxygen atoms in total. The molecule has 0 aromatic carbocycles. The summed E-state index contributed by atoms with van der Waals surface area (Å²) >= 11 is 0. The van der Waals surface area contributed by atoms with Gasteiger partial charge in [0.15, 0.2) is 0 Å². The maximum Gasteiger partial charge on any atom is 0.353 e. The van der Waals surface area contributed by atoms with Gasteiger partial charge in [-0.1, -0.05) is 6.08 Å². The molecule has 0 atom stereocenters. The van der Waals surface area contributed by atoms with Crippen molar-refractivity contribution in [1.29, 1.82) is 0 Å². The predicted octanol–water partition coefficient (Wildman–Crippen LogP) is 0.212. The number of carbonyl (C=O) groups is 1. The van der Waals surface area contributed by atoms with Gasteiger partial charge >= 0.3 is 5.97 Å². The van der Waals surface area contributed by atoms with Crippen LogP contribution in [0.2, 0.25) is 0 Å². The number of nitrogens with two attached hydrogens (primary N) is 2. The van der Waals surface area contributed by atoms with E-state index in [9.17, 15) is 4.79 Å². The highest BCUT2D eigenvalue weighted by molar-refractivity contribution is 5.88. The first-order valence-electron chi connectivity index (χ1n) is 3.10. The summed E-state index contributed by atoms with van der Waals surface area (Å²) in [5.41, 5.74) is 6.21. The van der Waals surface area contributed by atoms with E-state index in [2.05, 4.69) is 17.3 Å². The smallest absolute Gasteiger partial charge is 0.353 e. The molecule has 0 aromatic rings. The Bertz CT molecular complexity index is 197. The fraction of sp³-hybridized carbons (Fsp3) is 0.286. The summed E-state index contributed by atoms with van der Waals surface area (Å²) in [7, 11) is 0. The third-order valence-electron chi connectivity index (χ3n) is 1.26. The largest absolute Gasteiger partial charge is 0.401 e. The first-order chi connectivity index (χ1) is 5.13. The molecule has 0 saturated carbocycles. The Morgan fingerprint density at radius 3 is 2.64 bits per heavy atom. The lowest BCUT2D eigenvalue weighted by Crippen LogP contribution is -2.15. The molecule has 0 aliphatic carbocycles. The molecule has 11 heavy (non-hydrogen) atoms. The molecule has 0 spiro atoms. The Morgan fingerprint density at radius 2 is 2.27 bits per heavy atom. The van der Waals surface area contributed by atoms with Crippen molar-refractivity contribution in [2.75, 3.05) is 0 Å². The topological polar surface area (TPSA) is 78.3 Å². The van der Waals surface area contributed by atoms with E-state index in [0.29, 0.717) is 17.7 Å². The molecular formula is C7H12N2O2. The minimum atomic E-state index is -0.607. The first kappa shape index (κ1) is 9.71. The van der Waals surface area contributed by atoms with Crippen molar-refractivity contribution in [3.05, 3.63) is 23.9 Å². The summed E-state index contributed by atoms with van der Waals surface area (Å²) in [6.07, 6.45) is 2.06. The van der Waals surface area contributed by atoms with Gasteiger partial charge in [-0.15, -0.1) is 6.58 Å². The predicted molar refractivity (Wildman–Crippen MR) is 42.0 cm³/mol. The maximum absolute atomic E-state index is 10.7. The minimum absolute atomic E-state index is 0.326. The van der Waals surface area contributed by atoms with Crippen LogP contribution in [0.15, 0.2) is 23.9 Å². The first-order valence-corrected chi connectivity index (χ1v) is 3.10. The lowest BCUT2D eigenvalue weighted by Gasteiger charge is -2.01. The van der Waals surface area contributed by atoms with Gasteiger partial charge in [-0.2, -0.15) is 5.90 Å². The lowest BCUT2D eigenvalue weighted by atomic mass is 10.2. The molecule has 4 N–H and O–H groups in total. The van der Waals surface area contributed by atoms with Crippen molar-refractivity contribution in [2.45, 2.75) is 13.3 Å². The minimum Gasteiger partial charge on any atom is -0.401 e. The Hall–Kier alpha value is -1.29. The molecule has 0 heterocycles. The SMILES string of the molecule is C=CCC(N)=C(C)C(=O)ON. The van der Waals surface area contributed by atoms with E-state index >= 15 is 0 Å². The molecular weight excluding hydrogens is 144 g/mol. The molecule has 0 aliphatic heterocycles. The third-order valence-corrected chi connectivity index (χ3v) is 1.26. The molecule has 0 unspecified atom stereocenters. The zero-order valence-electron chi connectivity index (χ0n) is 6.46. The van der Waals surface area contributed by atoms with E-state index in [1.165, 1.54) is 0 Å². The van der Waals surface area contributed by atoms with Crippen molar-refractivity contribution in [1.82, 2.24) is 0 Å². The van der Waals surface area contributed by atoms with Crippen molar-refractivity contribution < 1.29 is 9.63 Å². The number of hydrogen-bond acceptors (Lipinski definition) is 4. The summed E-state index contributed by atoms with van der Waals surface area (Å²) in [4.78, 5) is 14.7. The summed E-state index contributed by atoms with van der Waals surface area (Å²) in [5, 5.41) is 0. The summed E-state index contributed by atoms with van der Waals surface area (Å²) in [6, 6.07) is 0. The molecule has 0 aromatic heterocycles. The number of carbonyl (C=O) groups excluding carboxylic acids is 1. The van der Waals surface area contributed by atoms with E-state index in [1.54, 1.807) is 13.0 Å². The Kier molecular flexibility index (Phi) is 3.98.